The number of rotatable bonds is 5. The molecule has 0 bridgehead atoms. The average molecular weight is 239 g/mol. The Morgan fingerprint density at radius 3 is 2.94 bits per heavy atom. The standard InChI is InChI=1S/C12H14FNOS/c1-9(5-6-16-8-14)11-7-10(13)3-4-12(11)15-2/h3-4,7,9H,5-6H2,1-2H3. The molecule has 0 saturated heterocycles. The predicted molar refractivity (Wildman–Crippen MR) is 64.1 cm³/mol. The van der Waals surface area contributed by atoms with Gasteiger partial charge in [-0.2, -0.15) is 5.26 Å². The minimum absolute atomic E-state index is 0.187. The summed E-state index contributed by atoms with van der Waals surface area (Å²) >= 11 is 1.22. The van der Waals surface area contributed by atoms with Gasteiger partial charge in [0.15, 0.2) is 0 Å². The van der Waals surface area contributed by atoms with Crippen LogP contribution in [0.25, 0.3) is 0 Å². The topological polar surface area (TPSA) is 33.0 Å². The van der Waals surface area contributed by atoms with Crippen molar-refractivity contribution in [2.45, 2.75) is 19.3 Å². The largest absolute Gasteiger partial charge is 0.496 e. The molecule has 1 atom stereocenters. The number of nitrogens with zero attached hydrogens (tertiary/aromatic N) is 1. The van der Waals surface area contributed by atoms with Crippen molar-refractivity contribution in [3.05, 3.63) is 29.6 Å². The van der Waals surface area contributed by atoms with E-state index in [-0.39, 0.29) is 11.7 Å². The SMILES string of the molecule is COc1ccc(F)cc1C(C)CCSC#N. The van der Waals surface area contributed by atoms with Gasteiger partial charge in [-0.05, 0) is 47.9 Å². The zero-order chi connectivity index (χ0) is 12.0. The maximum Gasteiger partial charge on any atom is 0.133 e. The van der Waals surface area contributed by atoms with Gasteiger partial charge in [0, 0.05) is 5.75 Å². The zero-order valence-electron chi connectivity index (χ0n) is 9.37. The molecule has 1 aromatic rings. The molecule has 1 unspecified atom stereocenters. The van der Waals surface area contributed by atoms with Gasteiger partial charge in [0.2, 0.25) is 0 Å². The molecule has 0 saturated carbocycles. The molecule has 0 radical (unpaired) electrons. The third-order valence-electron chi connectivity index (χ3n) is 2.44. The fraction of sp³-hybridized carbons (Fsp3) is 0.417. The van der Waals surface area contributed by atoms with E-state index in [1.165, 1.54) is 23.9 Å². The Labute approximate surface area is 99.4 Å². The molecule has 0 heterocycles. The first kappa shape index (κ1) is 12.9. The molecule has 0 aliphatic rings. The van der Waals surface area contributed by atoms with Crippen molar-refractivity contribution in [1.82, 2.24) is 0 Å². The number of hydrogen-bond acceptors (Lipinski definition) is 3. The Balaban J connectivity index is 2.77. The summed E-state index contributed by atoms with van der Waals surface area (Å²) in [7, 11) is 1.58. The van der Waals surface area contributed by atoms with Crippen molar-refractivity contribution in [3.8, 4) is 11.2 Å². The van der Waals surface area contributed by atoms with Crippen molar-refractivity contribution >= 4 is 11.8 Å². The molecule has 0 fully saturated rings. The van der Waals surface area contributed by atoms with Crippen LogP contribution in [0.4, 0.5) is 4.39 Å². The van der Waals surface area contributed by atoms with Gasteiger partial charge >= 0.3 is 0 Å². The van der Waals surface area contributed by atoms with Crippen LogP contribution in [0.1, 0.15) is 24.8 Å². The summed E-state index contributed by atoms with van der Waals surface area (Å²) in [4.78, 5) is 0. The summed E-state index contributed by atoms with van der Waals surface area (Å²) < 4.78 is 18.3. The second-order valence-corrected chi connectivity index (χ2v) is 4.40. The van der Waals surface area contributed by atoms with Crippen LogP contribution < -0.4 is 4.74 Å². The lowest BCUT2D eigenvalue weighted by Gasteiger charge is -2.14. The van der Waals surface area contributed by atoms with Gasteiger partial charge in [-0.15, -0.1) is 0 Å². The first-order valence-electron chi connectivity index (χ1n) is 5.03. The van der Waals surface area contributed by atoms with Crippen LogP contribution in [0.15, 0.2) is 18.2 Å². The third kappa shape index (κ3) is 3.42. The number of halogens is 1. The quantitative estimate of drug-likeness (QED) is 0.582. The molecule has 1 rings (SSSR count). The highest BCUT2D eigenvalue weighted by Gasteiger charge is 2.12. The summed E-state index contributed by atoms with van der Waals surface area (Å²) in [6.07, 6.45) is 0.831. The summed E-state index contributed by atoms with van der Waals surface area (Å²) in [6, 6.07) is 4.53. The van der Waals surface area contributed by atoms with Crippen LogP contribution in [0.3, 0.4) is 0 Å². The van der Waals surface area contributed by atoms with Gasteiger partial charge in [-0.25, -0.2) is 4.39 Å². The minimum atomic E-state index is -0.254. The van der Waals surface area contributed by atoms with Crippen molar-refractivity contribution in [2.75, 3.05) is 12.9 Å². The third-order valence-corrected chi connectivity index (χ3v) is 3.01. The van der Waals surface area contributed by atoms with E-state index in [0.29, 0.717) is 5.75 Å². The number of ether oxygens (including phenoxy) is 1. The first-order valence-corrected chi connectivity index (χ1v) is 6.02. The van der Waals surface area contributed by atoms with E-state index in [2.05, 4.69) is 0 Å². The summed E-state index contributed by atoms with van der Waals surface area (Å²) in [5.74, 6) is 1.38. The van der Waals surface area contributed by atoms with Gasteiger partial charge < -0.3 is 4.74 Å². The molecular formula is C12H14FNOS. The molecule has 2 nitrogen and oxygen atoms in total. The molecule has 16 heavy (non-hydrogen) atoms. The maximum atomic E-state index is 13.1. The second kappa shape index (κ2) is 6.39. The number of benzene rings is 1. The number of methoxy groups -OCH3 is 1. The smallest absolute Gasteiger partial charge is 0.133 e. The summed E-state index contributed by atoms with van der Waals surface area (Å²) in [5.41, 5.74) is 0.862. The molecule has 0 N–H and O–H groups in total. The van der Waals surface area contributed by atoms with Gasteiger partial charge in [0.1, 0.15) is 17.0 Å². The monoisotopic (exact) mass is 239 g/mol. The molecule has 86 valence electrons. The lowest BCUT2D eigenvalue weighted by atomic mass is 9.97. The van der Waals surface area contributed by atoms with Crippen LogP contribution in [0.5, 0.6) is 5.75 Å². The van der Waals surface area contributed by atoms with Crippen molar-refractivity contribution < 1.29 is 9.13 Å². The summed E-state index contributed by atoms with van der Waals surface area (Å²) in [6.45, 7) is 2.01. The number of hydrogen-bond donors (Lipinski definition) is 0. The van der Waals surface area contributed by atoms with Gasteiger partial charge in [0.05, 0.1) is 7.11 Å². The Kier molecular flexibility index (Phi) is 5.13. The molecule has 0 aliphatic carbocycles. The van der Waals surface area contributed by atoms with Gasteiger partial charge in [-0.3, -0.25) is 0 Å². The molecule has 0 aromatic heterocycles. The Hall–Kier alpha value is -1.21. The van der Waals surface area contributed by atoms with E-state index in [1.807, 2.05) is 12.3 Å². The fourth-order valence-electron chi connectivity index (χ4n) is 1.53. The number of nitriles is 1. The first-order chi connectivity index (χ1) is 7.69. The Morgan fingerprint density at radius 2 is 2.31 bits per heavy atom. The highest BCUT2D eigenvalue weighted by Crippen LogP contribution is 2.30. The molecule has 0 amide bonds. The van der Waals surface area contributed by atoms with E-state index in [9.17, 15) is 4.39 Å². The normalized spacial score (nSPS) is 11.9. The fourth-order valence-corrected chi connectivity index (χ4v) is 2.09. The van der Waals surface area contributed by atoms with Crippen LogP contribution in [0.2, 0.25) is 0 Å². The van der Waals surface area contributed by atoms with E-state index in [1.54, 1.807) is 13.2 Å². The predicted octanol–water partition coefficient (Wildman–Crippen LogP) is 3.54. The highest BCUT2D eigenvalue weighted by molar-refractivity contribution is 8.03. The lowest BCUT2D eigenvalue weighted by molar-refractivity contribution is 0.404. The summed E-state index contributed by atoms with van der Waals surface area (Å²) in [5, 5.41) is 10.4. The van der Waals surface area contributed by atoms with E-state index < -0.39 is 0 Å². The Bertz CT molecular complexity index is 389. The van der Waals surface area contributed by atoms with E-state index in [0.717, 1.165) is 17.7 Å². The highest BCUT2D eigenvalue weighted by atomic mass is 32.2. The molecule has 4 heteroatoms. The molecule has 1 aromatic carbocycles. The maximum absolute atomic E-state index is 13.1. The molecular weight excluding hydrogens is 225 g/mol. The van der Waals surface area contributed by atoms with Crippen LogP contribution in [0, 0.1) is 16.5 Å². The average Bonchev–Trinajstić information content (AvgIpc) is 2.29. The van der Waals surface area contributed by atoms with E-state index >= 15 is 0 Å². The van der Waals surface area contributed by atoms with Crippen LogP contribution in [-0.2, 0) is 0 Å². The van der Waals surface area contributed by atoms with Crippen molar-refractivity contribution in [2.24, 2.45) is 0 Å². The zero-order valence-corrected chi connectivity index (χ0v) is 10.2. The number of thioether (sulfide) groups is 1. The van der Waals surface area contributed by atoms with Crippen LogP contribution in [-0.4, -0.2) is 12.9 Å². The van der Waals surface area contributed by atoms with Crippen LogP contribution >= 0.6 is 11.8 Å². The molecule has 0 aliphatic heterocycles. The second-order valence-electron chi connectivity index (χ2n) is 3.52. The van der Waals surface area contributed by atoms with E-state index in [4.69, 9.17) is 10.00 Å². The lowest BCUT2D eigenvalue weighted by Crippen LogP contribution is -1.99. The minimum Gasteiger partial charge on any atom is -0.496 e. The van der Waals surface area contributed by atoms with Crippen molar-refractivity contribution in [1.29, 1.82) is 5.26 Å². The van der Waals surface area contributed by atoms with Crippen molar-refractivity contribution in [3.63, 3.8) is 0 Å². The Morgan fingerprint density at radius 1 is 1.56 bits per heavy atom. The van der Waals surface area contributed by atoms with Gasteiger partial charge in [-0.1, -0.05) is 6.92 Å². The van der Waals surface area contributed by atoms with Gasteiger partial charge in [0.25, 0.3) is 0 Å². The molecule has 0 spiro atoms. The number of thiocyanates is 1.